The van der Waals surface area contributed by atoms with Crippen molar-refractivity contribution in [3.05, 3.63) is 22.7 Å². The van der Waals surface area contributed by atoms with Crippen LogP contribution in [0.25, 0.3) is 0 Å². The molecule has 108 valence electrons. The van der Waals surface area contributed by atoms with Crippen molar-refractivity contribution in [2.75, 3.05) is 17.2 Å². The quantitative estimate of drug-likeness (QED) is 0.803. The van der Waals surface area contributed by atoms with E-state index in [0.717, 1.165) is 23.4 Å². The summed E-state index contributed by atoms with van der Waals surface area (Å²) in [6, 6.07) is 4.22. The second-order valence-corrected chi connectivity index (χ2v) is 6.15. The Labute approximate surface area is 124 Å². The number of hydrogen-bond donors (Lipinski definition) is 3. The minimum absolute atomic E-state index is 0.0331. The molecule has 1 heterocycles. The van der Waals surface area contributed by atoms with Gasteiger partial charge < -0.3 is 16.4 Å². The van der Waals surface area contributed by atoms with Crippen LogP contribution in [-0.2, 0) is 11.2 Å². The molecular formula is C15H20ClN3O. The highest BCUT2D eigenvalue weighted by molar-refractivity contribution is 6.33. The Morgan fingerprint density at radius 1 is 1.35 bits per heavy atom. The largest absolute Gasteiger partial charge is 0.381 e. The molecular weight excluding hydrogens is 274 g/mol. The second kappa shape index (κ2) is 5.62. The number of rotatable bonds is 3. The van der Waals surface area contributed by atoms with Crippen LogP contribution in [0.4, 0.5) is 11.4 Å². The van der Waals surface area contributed by atoms with Gasteiger partial charge in [0.15, 0.2) is 0 Å². The lowest BCUT2D eigenvalue weighted by Crippen LogP contribution is -2.36. The lowest BCUT2D eigenvalue weighted by Gasteiger charge is -2.32. The maximum atomic E-state index is 11.4. The van der Waals surface area contributed by atoms with E-state index in [2.05, 4.69) is 10.6 Å². The molecule has 2 atom stereocenters. The Morgan fingerprint density at radius 3 is 2.95 bits per heavy atom. The molecule has 5 heteroatoms. The smallest absolute Gasteiger partial charge is 0.228 e. The van der Waals surface area contributed by atoms with Crippen LogP contribution in [0.15, 0.2) is 12.1 Å². The number of anilines is 2. The number of carbonyl (C=O) groups excluding carboxylic acids is 1. The molecule has 2 aliphatic rings. The molecule has 1 aromatic rings. The summed E-state index contributed by atoms with van der Waals surface area (Å²) in [6.07, 6.45) is 5.24. The summed E-state index contributed by atoms with van der Waals surface area (Å²) in [5.41, 5.74) is 8.64. The number of amides is 1. The molecule has 3 rings (SSSR count). The summed E-state index contributed by atoms with van der Waals surface area (Å²) >= 11 is 6.32. The monoisotopic (exact) mass is 293 g/mol. The molecule has 0 bridgehead atoms. The van der Waals surface area contributed by atoms with Crippen LogP contribution < -0.4 is 16.4 Å². The highest BCUT2D eigenvalue weighted by Gasteiger charge is 2.25. The Hall–Kier alpha value is -1.26. The van der Waals surface area contributed by atoms with Crippen molar-refractivity contribution in [3.8, 4) is 0 Å². The molecule has 1 fully saturated rings. The summed E-state index contributed by atoms with van der Waals surface area (Å²) in [5.74, 6) is 0.540. The second-order valence-electron chi connectivity index (χ2n) is 5.75. The van der Waals surface area contributed by atoms with E-state index in [-0.39, 0.29) is 5.91 Å². The number of carbonyl (C=O) groups is 1. The summed E-state index contributed by atoms with van der Waals surface area (Å²) in [4.78, 5) is 11.4. The first-order valence-electron chi connectivity index (χ1n) is 7.26. The van der Waals surface area contributed by atoms with Crippen molar-refractivity contribution in [3.63, 3.8) is 0 Å². The lowest BCUT2D eigenvalue weighted by molar-refractivity contribution is -0.115. The third-order valence-electron chi connectivity index (χ3n) is 4.37. The average Bonchev–Trinajstić information content (AvgIpc) is 2.79. The third kappa shape index (κ3) is 2.63. The molecule has 0 saturated heterocycles. The van der Waals surface area contributed by atoms with Crippen LogP contribution in [0.2, 0.25) is 5.02 Å². The Kier molecular flexibility index (Phi) is 3.85. The molecule has 1 amide bonds. The fourth-order valence-corrected chi connectivity index (χ4v) is 3.46. The molecule has 0 aromatic heterocycles. The number of nitrogens with one attached hydrogen (secondary N) is 2. The number of halogens is 1. The van der Waals surface area contributed by atoms with Crippen molar-refractivity contribution in [1.29, 1.82) is 0 Å². The summed E-state index contributed by atoms with van der Waals surface area (Å²) in [7, 11) is 0. The van der Waals surface area contributed by atoms with Crippen molar-refractivity contribution in [2.24, 2.45) is 11.7 Å². The van der Waals surface area contributed by atoms with E-state index in [0.29, 0.717) is 29.9 Å². The van der Waals surface area contributed by atoms with Gasteiger partial charge in [0, 0.05) is 11.7 Å². The molecule has 20 heavy (non-hydrogen) atoms. The topological polar surface area (TPSA) is 67.2 Å². The number of fused-ring (bicyclic) bond motifs is 1. The predicted octanol–water partition coefficient (Wildman–Crippen LogP) is 2.76. The van der Waals surface area contributed by atoms with E-state index in [1.54, 1.807) is 0 Å². The molecule has 0 spiro atoms. The molecule has 0 radical (unpaired) electrons. The minimum Gasteiger partial charge on any atom is -0.381 e. The summed E-state index contributed by atoms with van der Waals surface area (Å²) < 4.78 is 0. The minimum atomic E-state index is 0.0331. The van der Waals surface area contributed by atoms with Crippen molar-refractivity contribution < 1.29 is 4.79 Å². The van der Waals surface area contributed by atoms with Crippen molar-refractivity contribution in [2.45, 2.75) is 38.1 Å². The van der Waals surface area contributed by atoms with Gasteiger partial charge in [0.2, 0.25) is 5.91 Å². The van der Waals surface area contributed by atoms with Gasteiger partial charge in [0.1, 0.15) is 0 Å². The van der Waals surface area contributed by atoms with E-state index in [1.165, 1.54) is 19.3 Å². The van der Waals surface area contributed by atoms with Crippen LogP contribution in [0.5, 0.6) is 0 Å². The maximum Gasteiger partial charge on any atom is 0.228 e. The van der Waals surface area contributed by atoms with Crippen LogP contribution >= 0.6 is 11.6 Å². The highest BCUT2D eigenvalue weighted by Crippen LogP contribution is 2.35. The van der Waals surface area contributed by atoms with Gasteiger partial charge in [0.25, 0.3) is 0 Å². The van der Waals surface area contributed by atoms with E-state index in [9.17, 15) is 4.79 Å². The molecule has 2 unspecified atom stereocenters. The van der Waals surface area contributed by atoms with Gasteiger partial charge in [-0.3, -0.25) is 4.79 Å². The van der Waals surface area contributed by atoms with Gasteiger partial charge in [-0.15, -0.1) is 0 Å². The summed E-state index contributed by atoms with van der Waals surface area (Å²) in [5, 5.41) is 7.02. The molecule has 1 saturated carbocycles. The zero-order chi connectivity index (χ0) is 14.1. The highest BCUT2D eigenvalue weighted by atomic mass is 35.5. The standard InChI is InChI=1S/C15H20ClN3O/c16-11-7-13-10(6-15(20)19-13)5-14(11)18-12-4-2-1-3-9(12)8-17/h5,7,9,12,18H,1-4,6,8,17H2,(H,19,20). The van der Waals surface area contributed by atoms with E-state index >= 15 is 0 Å². The van der Waals surface area contributed by atoms with Gasteiger partial charge in [-0.1, -0.05) is 24.4 Å². The van der Waals surface area contributed by atoms with Crippen LogP contribution in [0.1, 0.15) is 31.2 Å². The first kappa shape index (κ1) is 13.7. The van der Waals surface area contributed by atoms with Crippen molar-refractivity contribution >= 4 is 28.9 Å². The molecule has 1 aromatic carbocycles. The van der Waals surface area contributed by atoms with Crippen LogP contribution in [0, 0.1) is 5.92 Å². The fraction of sp³-hybridized carbons (Fsp3) is 0.533. The van der Waals surface area contributed by atoms with Gasteiger partial charge in [-0.2, -0.15) is 0 Å². The van der Waals surface area contributed by atoms with Gasteiger partial charge in [0.05, 0.1) is 17.1 Å². The number of benzene rings is 1. The van der Waals surface area contributed by atoms with E-state index in [4.69, 9.17) is 17.3 Å². The number of nitrogens with two attached hydrogens (primary N) is 1. The predicted molar refractivity (Wildman–Crippen MR) is 82.2 cm³/mol. The molecule has 4 nitrogen and oxygen atoms in total. The SMILES string of the molecule is NCC1CCCCC1Nc1cc2c(cc1Cl)NC(=O)C2. The Balaban J connectivity index is 1.80. The van der Waals surface area contributed by atoms with Crippen LogP contribution in [-0.4, -0.2) is 18.5 Å². The van der Waals surface area contributed by atoms with Crippen LogP contribution in [0.3, 0.4) is 0 Å². The zero-order valence-corrected chi connectivity index (χ0v) is 12.2. The third-order valence-corrected chi connectivity index (χ3v) is 4.68. The average molecular weight is 294 g/mol. The molecule has 1 aliphatic carbocycles. The van der Waals surface area contributed by atoms with Gasteiger partial charge in [-0.05, 0) is 43.0 Å². The summed E-state index contributed by atoms with van der Waals surface area (Å²) in [6.45, 7) is 0.709. The maximum absolute atomic E-state index is 11.4. The zero-order valence-electron chi connectivity index (χ0n) is 11.4. The Morgan fingerprint density at radius 2 is 2.15 bits per heavy atom. The first-order chi connectivity index (χ1) is 9.67. The Bertz CT molecular complexity index is 532. The lowest BCUT2D eigenvalue weighted by atomic mass is 9.84. The van der Waals surface area contributed by atoms with Gasteiger partial charge in [-0.25, -0.2) is 0 Å². The fourth-order valence-electron chi connectivity index (χ4n) is 3.24. The van der Waals surface area contributed by atoms with E-state index in [1.807, 2.05) is 12.1 Å². The number of hydrogen-bond acceptors (Lipinski definition) is 3. The molecule has 1 aliphatic heterocycles. The first-order valence-corrected chi connectivity index (χ1v) is 7.64. The van der Waals surface area contributed by atoms with Crippen molar-refractivity contribution in [1.82, 2.24) is 0 Å². The molecule has 4 N–H and O–H groups in total. The van der Waals surface area contributed by atoms with Gasteiger partial charge >= 0.3 is 0 Å². The van der Waals surface area contributed by atoms with E-state index < -0.39 is 0 Å². The normalized spacial score (nSPS) is 25.2.